The molecule has 0 unspecified atom stereocenters. The minimum Gasteiger partial charge on any atom is -0.320 e. The molecule has 7 heteroatoms. The van der Waals surface area contributed by atoms with Crippen molar-refractivity contribution in [2.45, 2.75) is 19.4 Å². The van der Waals surface area contributed by atoms with Crippen LogP contribution in [0.4, 0.5) is 11.4 Å². The van der Waals surface area contributed by atoms with Crippen molar-refractivity contribution in [1.82, 2.24) is 15.0 Å². The largest absolute Gasteiger partial charge is 0.320 e. The summed E-state index contributed by atoms with van der Waals surface area (Å²) >= 11 is 0. The van der Waals surface area contributed by atoms with Crippen LogP contribution in [-0.4, -0.2) is 33.4 Å². The average Bonchev–Trinajstić information content (AvgIpc) is 3.32. The molecule has 4 rings (SSSR count). The van der Waals surface area contributed by atoms with Crippen molar-refractivity contribution >= 4 is 23.2 Å². The second-order valence-corrected chi connectivity index (χ2v) is 6.44. The van der Waals surface area contributed by atoms with Crippen LogP contribution < -0.4 is 10.2 Å². The third kappa shape index (κ3) is 3.87. The molecule has 0 atom stereocenters. The highest BCUT2D eigenvalue weighted by atomic mass is 16.2. The van der Waals surface area contributed by atoms with Gasteiger partial charge in [-0.05, 0) is 30.2 Å². The Labute approximate surface area is 156 Å². The van der Waals surface area contributed by atoms with E-state index in [0.717, 1.165) is 17.7 Å². The van der Waals surface area contributed by atoms with Crippen LogP contribution in [0.15, 0.2) is 60.8 Å². The van der Waals surface area contributed by atoms with E-state index in [1.165, 1.54) is 0 Å². The standard InChI is InChI=1S/C20H19N5O2/c26-19-10-5-11-25(19)17-9-4-8-16(12-17)21-20(27)18-14-24(23-22-18)13-15-6-2-1-3-7-15/h1-4,6-9,12,14H,5,10-11,13H2,(H,21,27). The van der Waals surface area contributed by atoms with Crippen LogP contribution >= 0.6 is 0 Å². The summed E-state index contributed by atoms with van der Waals surface area (Å²) in [6.07, 6.45) is 3.05. The van der Waals surface area contributed by atoms with Crippen molar-refractivity contribution < 1.29 is 9.59 Å². The molecule has 0 aliphatic carbocycles. The molecule has 2 amide bonds. The number of rotatable bonds is 5. The molecule has 3 aromatic rings. The Morgan fingerprint density at radius 1 is 1.11 bits per heavy atom. The molecule has 136 valence electrons. The van der Waals surface area contributed by atoms with Gasteiger partial charge in [-0.3, -0.25) is 9.59 Å². The number of anilines is 2. The van der Waals surface area contributed by atoms with Crippen LogP contribution in [0.1, 0.15) is 28.9 Å². The minimum absolute atomic E-state index is 0.113. The summed E-state index contributed by atoms with van der Waals surface area (Å²) in [5, 5.41) is 10.8. The highest BCUT2D eigenvalue weighted by Gasteiger charge is 2.22. The van der Waals surface area contributed by atoms with Gasteiger partial charge < -0.3 is 10.2 Å². The molecule has 1 N–H and O–H groups in total. The summed E-state index contributed by atoms with van der Waals surface area (Å²) in [5.41, 5.74) is 2.74. The van der Waals surface area contributed by atoms with Crippen molar-refractivity contribution in [3.8, 4) is 0 Å². The third-order valence-corrected chi connectivity index (χ3v) is 4.45. The van der Waals surface area contributed by atoms with Gasteiger partial charge in [0.15, 0.2) is 5.69 Å². The summed E-state index contributed by atoms with van der Waals surface area (Å²) in [5.74, 6) is -0.221. The first kappa shape index (κ1) is 17.0. The number of nitrogens with zero attached hydrogens (tertiary/aromatic N) is 4. The molecule has 0 radical (unpaired) electrons. The lowest BCUT2D eigenvalue weighted by Crippen LogP contribution is -2.23. The molecule has 0 saturated carbocycles. The molecule has 0 bridgehead atoms. The van der Waals surface area contributed by atoms with Crippen LogP contribution in [0, 0.1) is 0 Å². The Morgan fingerprint density at radius 3 is 2.74 bits per heavy atom. The Bertz CT molecular complexity index is 967. The van der Waals surface area contributed by atoms with E-state index in [1.54, 1.807) is 27.9 Å². The fourth-order valence-corrected chi connectivity index (χ4v) is 3.12. The van der Waals surface area contributed by atoms with Crippen molar-refractivity contribution in [2.24, 2.45) is 0 Å². The van der Waals surface area contributed by atoms with Crippen LogP contribution in [-0.2, 0) is 11.3 Å². The molecule has 1 saturated heterocycles. The lowest BCUT2D eigenvalue weighted by Gasteiger charge is -2.16. The molecule has 1 aliphatic rings. The smallest absolute Gasteiger partial charge is 0.277 e. The fourth-order valence-electron chi connectivity index (χ4n) is 3.12. The Balaban J connectivity index is 1.44. The van der Waals surface area contributed by atoms with Gasteiger partial charge >= 0.3 is 0 Å². The molecular formula is C20H19N5O2. The number of hydrogen-bond donors (Lipinski definition) is 1. The average molecular weight is 361 g/mol. The zero-order chi connectivity index (χ0) is 18.6. The first-order valence-electron chi connectivity index (χ1n) is 8.85. The van der Waals surface area contributed by atoms with Crippen LogP contribution in [0.25, 0.3) is 0 Å². The van der Waals surface area contributed by atoms with E-state index in [0.29, 0.717) is 25.2 Å². The monoisotopic (exact) mass is 361 g/mol. The van der Waals surface area contributed by atoms with Gasteiger partial charge in [-0.15, -0.1) is 5.10 Å². The van der Waals surface area contributed by atoms with Crippen LogP contribution in [0.5, 0.6) is 0 Å². The summed E-state index contributed by atoms with van der Waals surface area (Å²) in [4.78, 5) is 26.1. The number of carbonyl (C=O) groups is 2. The maximum Gasteiger partial charge on any atom is 0.277 e. The van der Waals surface area contributed by atoms with Gasteiger partial charge in [0.2, 0.25) is 5.91 Å². The Kier molecular flexibility index (Phi) is 4.65. The summed E-state index contributed by atoms with van der Waals surface area (Å²) in [7, 11) is 0. The van der Waals surface area contributed by atoms with Gasteiger partial charge in [0, 0.05) is 24.3 Å². The lowest BCUT2D eigenvalue weighted by molar-refractivity contribution is -0.117. The number of hydrogen-bond acceptors (Lipinski definition) is 4. The minimum atomic E-state index is -0.334. The zero-order valence-electron chi connectivity index (χ0n) is 14.7. The number of amides is 2. The summed E-state index contributed by atoms with van der Waals surface area (Å²) < 4.78 is 1.63. The van der Waals surface area contributed by atoms with Crippen molar-refractivity contribution in [3.63, 3.8) is 0 Å². The summed E-state index contributed by atoms with van der Waals surface area (Å²) in [6.45, 7) is 1.26. The maximum atomic E-state index is 12.5. The first-order valence-corrected chi connectivity index (χ1v) is 8.85. The molecule has 0 spiro atoms. The number of carbonyl (C=O) groups excluding carboxylic acids is 2. The highest BCUT2D eigenvalue weighted by molar-refractivity contribution is 6.03. The van der Waals surface area contributed by atoms with E-state index < -0.39 is 0 Å². The Morgan fingerprint density at radius 2 is 1.96 bits per heavy atom. The predicted molar refractivity (Wildman–Crippen MR) is 102 cm³/mol. The predicted octanol–water partition coefficient (Wildman–Crippen LogP) is 2.71. The highest BCUT2D eigenvalue weighted by Crippen LogP contribution is 2.24. The van der Waals surface area contributed by atoms with Gasteiger partial charge in [0.05, 0.1) is 12.7 Å². The molecule has 7 nitrogen and oxygen atoms in total. The fraction of sp³-hybridized carbons (Fsp3) is 0.200. The topological polar surface area (TPSA) is 80.1 Å². The SMILES string of the molecule is O=C(Nc1cccc(N2CCCC2=O)c1)c1cn(Cc2ccccc2)nn1. The quantitative estimate of drug-likeness (QED) is 0.758. The number of aromatic nitrogens is 3. The normalized spacial score (nSPS) is 13.8. The molecule has 1 aromatic heterocycles. The maximum absolute atomic E-state index is 12.5. The van der Waals surface area contributed by atoms with Crippen LogP contribution in [0.3, 0.4) is 0 Å². The van der Waals surface area contributed by atoms with Gasteiger partial charge in [-0.2, -0.15) is 0 Å². The molecule has 2 aromatic carbocycles. The van der Waals surface area contributed by atoms with E-state index in [-0.39, 0.29) is 17.5 Å². The van der Waals surface area contributed by atoms with Gasteiger partial charge in [-0.25, -0.2) is 4.68 Å². The zero-order valence-corrected chi connectivity index (χ0v) is 14.7. The summed E-state index contributed by atoms with van der Waals surface area (Å²) in [6, 6.07) is 17.1. The van der Waals surface area contributed by atoms with Gasteiger partial charge in [-0.1, -0.05) is 41.6 Å². The number of benzene rings is 2. The van der Waals surface area contributed by atoms with Crippen molar-refractivity contribution in [2.75, 3.05) is 16.8 Å². The number of nitrogens with one attached hydrogen (secondary N) is 1. The molecular weight excluding hydrogens is 342 g/mol. The van der Waals surface area contributed by atoms with E-state index in [4.69, 9.17) is 0 Å². The van der Waals surface area contributed by atoms with E-state index in [2.05, 4.69) is 15.6 Å². The third-order valence-electron chi connectivity index (χ3n) is 4.45. The van der Waals surface area contributed by atoms with E-state index in [1.807, 2.05) is 42.5 Å². The molecule has 27 heavy (non-hydrogen) atoms. The van der Waals surface area contributed by atoms with Gasteiger partial charge in [0.25, 0.3) is 5.91 Å². The van der Waals surface area contributed by atoms with E-state index in [9.17, 15) is 9.59 Å². The molecule has 1 fully saturated rings. The second-order valence-electron chi connectivity index (χ2n) is 6.44. The van der Waals surface area contributed by atoms with Crippen molar-refractivity contribution in [3.05, 3.63) is 72.1 Å². The van der Waals surface area contributed by atoms with E-state index >= 15 is 0 Å². The van der Waals surface area contributed by atoms with Crippen LogP contribution in [0.2, 0.25) is 0 Å². The molecule has 2 heterocycles. The molecule has 1 aliphatic heterocycles. The van der Waals surface area contributed by atoms with Crippen molar-refractivity contribution in [1.29, 1.82) is 0 Å². The van der Waals surface area contributed by atoms with Gasteiger partial charge in [0.1, 0.15) is 0 Å². The lowest BCUT2D eigenvalue weighted by atomic mass is 10.2. The Hall–Kier alpha value is -3.48. The second kappa shape index (κ2) is 7.41. The first-order chi connectivity index (χ1) is 13.2.